The molecule has 2 bridgehead atoms. The number of hydrogen-bond donors (Lipinski definition) is 1. The van der Waals surface area contributed by atoms with Gasteiger partial charge in [0.25, 0.3) is 0 Å². The van der Waals surface area contributed by atoms with E-state index in [-0.39, 0.29) is 18.7 Å². The number of hydrogen-bond acceptors (Lipinski definition) is 3. The summed E-state index contributed by atoms with van der Waals surface area (Å²) in [6.45, 7) is 3.55. The molecule has 1 aliphatic carbocycles. The molecule has 1 aromatic heterocycles. The highest BCUT2D eigenvalue weighted by atomic mass is 35.5. The van der Waals surface area contributed by atoms with E-state index >= 15 is 0 Å². The lowest BCUT2D eigenvalue weighted by molar-refractivity contribution is -0.0948. The molecule has 1 aromatic carbocycles. The Bertz CT molecular complexity index is 864. The van der Waals surface area contributed by atoms with Gasteiger partial charge in [-0.3, -0.25) is 9.80 Å². The Morgan fingerprint density at radius 2 is 1.89 bits per heavy atom. The number of H-pyrrole nitrogens is 1. The molecule has 4 aliphatic rings. The van der Waals surface area contributed by atoms with E-state index in [1.165, 1.54) is 18.6 Å². The van der Waals surface area contributed by atoms with E-state index in [0.717, 1.165) is 25.5 Å². The largest absolute Gasteiger partial charge is 0.341 e. The standard InChI is InChI=1S/C20H24ClF3N4/c21-16-5-13(22)6-17-19(16)26-18(25-17)11-27-9-14-7-15(10-27)28(14)8-12-1-3-20(23,24)4-2-12/h5-6,12,14-15H,1-4,7-11H2,(H,25,26). The molecule has 4 nitrogen and oxygen atoms in total. The summed E-state index contributed by atoms with van der Waals surface area (Å²) in [6, 6.07) is 3.71. The van der Waals surface area contributed by atoms with E-state index in [2.05, 4.69) is 19.8 Å². The van der Waals surface area contributed by atoms with Crippen molar-refractivity contribution in [3.8, 4) is 0 Å². The Morgan fingerprint density at radius 1 is 1.18 bits per heavy atom. The topological polar surface area (TPSA) is 35.2 Å². The van der Waals surface area contributed by atoms with E-state index in [1.54, 1.807) is 0 Å². The minimum absolute atomic E-state index is 0.0438. The van der Waals surface area contributed by atoms with Gasteiger partial charge in [0.15, 0.2) is 0 Å². The number of nitrogens with zero attached hydrogens (tertiary/aromatic N) is 3. The first-order valence-electron chi connectivity index (χ1n) is 10.1. The number of aromatic nitrogens is 2. The van der Waals surface area contributed by atoms with Crippen LogP contribution in [0, 0.1) is 11.7 Å². The Labute approximate surface area is 167 Å². The number of alkyl halides is 2. The van der Waals surface area contributed by atoms with Crippen molar-refractivity contribution in [2.45, 2.75) is 56.7 Å². The van der Waals surface area contributed by atoms with Gasteiger partial charge < -0.3 is 4.98 Å². The van der Waals surface area contributed by atoms with Crippen LogP contribution in [0.1, 0.15) is 37.9 Å². The van der Waals surface area contributed by atoms with Crippen LogP contribution in [0.5, 0.6) is 0 Å². The SMILES string of the molecule is Fc1cc(Cl)c2nc(CN3CC4CC(C3)N4CC3CCC(F)(F)CC3)[nH]c2c1. The summed E-state index contributed by atoms with van der Waals surface area (Å²) in [5.74, 6) is -1.62. The van der Waals surface area contributed by atoms with Crippen molar-refractivity contribution in [1.82, 2.24) is 19.8 Å². The highest BCUT2D eigenvalue weighted by molar-refractivity contribution is 6.34. The van der Waals surface area contributed by atoms with Gasteiger partial charge in [0, 0.05) is 44.6 Å². The van der Waals surface area contributed by atoms with Crippen LogP contribution >= 0.6 is 11.6 Å². The first kappa shape index (κ1) is 18.7. The molecular weight excluding hydrogens is 389 g/mol. The van der Waals surface area contributed by atoms with Crippen LogP contribution in [0.15, 0.2) is 12.1 Å². The minimum atomic E-state index is -2.45. The molecule has 3 aliphatic heterocycles. The lowest BCUT2D eigenvalue weighted by atomic mass is 9.82. The predicted octanol–water partition coefficient (Wildman–Crippen LogP) is 4.44. The fraction of sp³-hybridized carbons (Fsp3) is 0.650. The van der Waals surface area contributed by atoms with Gasteiger partial charge >= 0.3 is 0 Å². The van der Waals surface area contributed by atoms with Crippen LogP contribution in [-0.2, 0) is 6.54 Å². The minimum Gasteiger partial charge on any atom is -0.341 e. The summed E-state index contributed by atoms with van der Waals surface area (Å²) in [7, 11) is 0. The number of piperazine rings is 1. The van der Waals surface area contributed by atoms with Gasteiger partial charge in [-0.15, -0.1) is 0 Å². The fourth-order valence-electron chi connectivity index (χ4n) is 5.16. The number of aromatic amines is 1. The fourth-order valence-corrected chi connectivity index (χ4v) is 5.41. The zero-order valence-electron chi connectivity index (χ0n) is 15.6. The molecule has 3 saturated heterocycles. The molecule has 1 saturated carbocycles. The normalized spacial score (nSPS) is 28.6. The van der Waals surface area contributed by atoms with Crippen molar-refractivity contribution in [3.63, 3.8) is 0 Å². The molecular formula is C20H24ClF3N4. The Kier molecular flexibility index (Phi) is 4.60. The third kappa shape index (κ3) is 3.53. The second-order valence-electron chi connectivity index (χ2n) is 8.70. The molecule has 4 heterocycles. The van der Waals surface area contributed by atoms with E-state index in [0.29, 0.717) is 53.4 Å². The van der Waals surface area contributed by atoms with Gasteiger partial charge in [0.2, 0.25) is 5.92 Å². The lowest BCUT2D eigenvalue weighted by Crippen LogP contribution is -2.69. The van der Waals surface area contributed by atoms with Crippen molar-refractivity contribution in [3.05, 3.63) is 28.8 Å². The summed E-state index contributed by atoms with van der Waals surface area (Å²) >= 11 is 6.09. The van der Waals surface area contributed by atoms with Crippen LogP contribution in [0.3, 0.4) is 0 Å². The molecule has 2 atom stereocenters. The molecule has 2 aromatic rings. The summed E-state index contributed by atoms with van der Waals surface area (Å²) in [6.07, 6.45) is 2.56. The van der Waals surface area contributed by atoms with Crippen molar-refractivity contribution in [2.24, 2.45) is 5.92 Å². The number of fused-ring (bicyclic) bond motifs is 3. The smallest absolute Gasteiger partial charge is 0.248 e. The second-order valence-corrected chi connectivity index (χ2v) is 9.11. The number of imidazole rings is 1. The van der Waals surface area contributed by atoms with Crippen LogP contribution in [0.25, 0.3) is 11.0 Å². The van der Waals surface area contributed by atoms with Crippen molar-refractivity contribution in [1.29, 1.82) is 0 Å². The number of nitrogens with one attached hydrogen (secondary N) is 1. The number of piperidine rings is 1. The van der Waals surface area contributed by atoms with Gasteiger partial charge in [-0.1, -0.05) is 11.6 Å². The molecule has 4 fully saturated rings. The Hall–Kier alpha value is -1.31. The van der Waals surface area contributed by atoms with Crippen molar-refractivity contribution in [2.75, 3.05) is 19.6 Å². The monoisotopic (exact) mass is 412 g/mol. The second kappa shape index (κ2) is 6.89. The quantitative estimate of drug-likeness (QED) is 0.806. The zero-order chi connectivity index (χ0) is 19.5. The third-order valence-corrected chi connectivity index (χ3v) is 6.94. The van der Waals surface area contributed by atoms with Crippen molar-refractivity contribution >= 4 is 22.6 Å². The molecule has 0 radical (unpaired) electrons. The molecule has 2 unspecified atom stereocenters. The van der Waals surface area contributed by atoms with Gasteiger partial charge in [-0.05, 0) is 37.3 Å². The summed E-state index contributed by atoms with van der Waals surface area (Å²) < 4.78 is 40.2. The first-order chi connectivity index (χ1) is 13.4. The van der Waals surface area contributed by atoms with Crippen LogP contribution in [0.2, 0.25) is 5.02 Å². The van der Waals surface area contributed by atoms with Gasteiger partial charge in [0.05, 0.1) is 17.1 Å². The number of halogens is 4. The Morgan fingerprint density at radius 3 is 2.61 bits per heavy atom. The van der Waals surface area contributed by atoms with Gasteiger partial charge in [0.1, 0.15) is 17.2 Å². The maximum absolute atomic E-state index is 13.5. The molecule has 8 heteroatoms. The highest BCUT2D eigenvalue weighted by Crippen LogP contribution is 2.40. The molecule has 0 amide bonds. The molecule has 152 valence electrons. The van der Waals surface area contributed by atoms with Crippen LogP contribution in [-0.4, -0.2) is 57.4 Å². The van der Waals surface area contributed by atoms with Crippen LogP contribution in [0.4, 0.5) is 13.2 Å². The first-order valence-corrected chi connectivity index (χ1v) is 10.4. The van der Waals surface area contributed by atoms with E-state index in [4.69, 9.17) is 11.6 Å². The zero-order valence-corrected chi connectivity index (χ0v) is 16.4. The highest BCUT2D eigenvalue weighted by Gasteiger charge is 2.46. The maximum Gasteiger partial charge on any atom is 0.248 e. The van der Waals surface area contributed by atoms with Gasteiger partial charge in [-0.2, -0.15) is 0 Å². The average molecular weight is 413 g/mol. The summed E-state index contributed by atoms with van der Waals surface area (Å²) in [5, 5.41) is 0.322. The number of benzene rings is 1. The van der Waals surface area contributed by atoms with E-state index in [9.17, 15) is 13.2 Å². The molecule has 6 rings (SSSR count). The summed E-state index contributed by atoms with van der Waals surface area (Å²) in [5.41, 5.74) is 1.23. The molecule has 1 N–H and O–H groups in total. The van der Waals surface area contributed by atoms with Crippen LogP contribution < -0.4 is 0 Å². The lowest BCUT2D eigenvalue weighted by Gasteiger charge is -2.57. The number of rotatable bonds is 4. The Balaban J connectivity index is 1.18. The average Bonchev–Trinajstić information content (AvgIpc) is 3.03. The maximum atomic E-state index is 13.5. The third-order valence-electron chi connectivity index (χ3n) is 6.65. The summed E-state index contributed by atoms with van der Waals surface area (Å²) in [4.78, 5) is 12.6. The molecule has 28 heavy (non-hydrogen) atoms. The molecule has 0 spiro atoms. The van der Waals surface area contributed by atoms with Crippen molar-refractivity contribution < 1.29 is 13.2 Å². The van der Waals surface area contributed by atoms with E-state index in [1.807, 2.05) is 0 Å². The van der Waals surface area contributed by atoms with E-state index < -0.39 is 5.92 Å². The van der Waals surface area contributed by atoms with Gasteiger partial charge in [-0.25, -0.2) is 18.2 Å². The predicted molar refractivity (Wildman–Crippen MR) is 102 cm³/mol.